The summed E-state index contributed by atoms with van der Waals surface area (Å²) in [4.78, 5) is 0. The van der Waals surface area contributed by atoms with Gasteiger partial charge in [0.15, 0.2) is 0 Å². The average molecular weight is 279 g/mol. The summed E-state index contributed by atoms with van der Waals surface area (Å²) >= 11 is 0. The predicted octanol–water partition coefficient (Wildman–Crippen LogP) is 5.80. The fourth-order valence-electron chi connectivity index (χ4n) is 0.924. The van der Waals surface area contributed by atoms with Gasteiger partial charge >= 0.3 is 0 Å². The van der Waals surface area contributed by atoms with Gasteiger partial charge in [-0.1, -0.05) is 42.5 Å². The minimum atomic E-state index is 0. The van der Waals surface area contributed by atoms with E-state index in [1.807, 2.05) is 0 Å². The molecule has 0 aromatic carbocycles. The lowest BCUT2D eigenvalue weighted by molar-refractivity contribution is 0.0593. The van der Waals surface area contributed by atoms with E-state index in [0.717, 1.165) is 19.1 Å². The van der Waals surface area contributed by atoms with E-state index in [1.165, 1.54) is 6.42 Å². The normalized spacial score (nSPS) is 10.1. The van der Waals surface area contributed by atoms with Crippen LogP contribution in [0.5, 0.6) is 0 Å². The molecule has 19 heavy (non-hydrogen) atoms. The van der Waals surface area contributed by atoms with Gasteiger partial charge in [0.25, 0.3) is 0 Å². The van der Waals surface area contributed by atoms with Crippen LogP contribution in [0.25, 0.3) is 0 Å². The molecule has 0 amide bonds. The third-order valence-corrected chi connectivity index (χ3v) is 1.91. The Labute approximate surface area is 124 Å². The third kappa shape index (κ3) is 38.1. The zero-order valence-corrected chi connectivity index (χ0v) is 13.2. The summed E-state index contributed by atoms with van der Waals surface area (Å²) in [6, 6.07) is 0. The first-order chi connectivity index (χ1) is 7.75. The largest absolute Gasteiger partial charge is 0.379 e. The van der Waals surface area contributed by atoms with Crippen LogP contribution in [0, 0.1) is 11.8 Å². The molecule has 0 aliphatic heterocycles. The van der Waals surface area contributed by atoms with Crippen molar-refractivity contribution in [2.75, 3.05) is 13.2 Å². The van der Waals surface area contributed by atoms with E-state index < -0.39 is 0 Å². The maximum atomic E-state index is 5.35. The van der Waals surface area contributed by atoms with Gasteiger partial charge in [-0.05, 0) is 46.0 Å². The van der Waals surface area contributed by atoms with Crippen LogP contribution in [0.1, 0.15) is 76.7 Å². The van der Waals surface area contributed by atoms with Crippen molar-refractivity contribution in [2.24, 2.45) is 11.8 Å². The molecule has 0 saturated carbocycles. The molecule has 2 heteroatoms. The smallest absolute Gasteiger partial charge is 0.0518 e. The first-order valence-electron chi connectivity index (χ1n) is 6.98. The van der Waals surface area contributed by atoms with Gasteiger partial charge in [0.05, 0.1) is 12.2 Å². The fourth-order valence-corrected chi connectivity index (χ4v) is 0.924. The molecule has 0 bridgehead atoms. The Morgan fingerprint density at radius 3 is 1.26 bits per heavy atom. The second-order valence-corrected chi connectivity index (χ2v) is 5.88. The van der Waals surface area contributed by atoms with Gasteiger partial charge in [-0.25, -0.2) is 0 Å². The van der Waals surface area contributed by atoms with Gasteiger partial charge in [-0.2, -0.15) is 0 Å². The van der Waals surface area contributed by atoms with Crippen molar-refractivity contribution in [1.29, 1.82) is 0 Å². The van der Waals surface area contributed by atoms with Gasteiger partial charge in [0, 0.05) is 13.2 Å². The quantitative estimate of drug-likeness (QED) is 0.586. The molecule has 122 valence electrons. The van der Waals surface area contributed by atoms with E-state index in [1.54, 1.807) is 0 Å². The Kier molecular flexibility index (Phi) is 25.7. The Morgan fingerprint density at radius 2 is 1.05 bits per heavy atom. The van der Waals surface area contributed by atoms with E-state index in [9.17, 15) is 0 Å². The van der Waals surface area contributed by atoms with Gasteiger partial charge in [-0.15, -0.1) is 0 Å². The molecule has 0 aromatic heterocycles. The monoisotopic (exact) mass is 278 g/mol. The predicted molar refractivity (Wildman–Crippen MR) is 89.9 cm³/mol. The standard InChI is InChI=1S/C8H18O.C7H16O.2CH4/c1-7(2)5-6-9-8(3)4;1-6(2)5-8-7(3)4;;/h7-8H,5-6H2,1-4H3;6-7H,5H2,1-4H3;2*1H4. The van der Waals surface area contributed by atoms with E-state index in [-0.39, 0.29) is 14.9 Å². The molecule has 0 spiro atoms. The summed E-state index contributed by atoms with van der Waals surface area (Å²) in [7, 11) is 0. The van der Waals surface area contributed by atoms with Crippen LogP contribution >= 0.6 is 0 Å². The number of hydrogen-bond acceptors (Lipinski definition) is 2. The summed E-state index contributed by atoms with van der Waals surface area (Å²) in [5.41, 5.74) is 0. The lowest BCUT2D eigenvalue weighted by atomic mass is 10.1. The Balaban J connectivity index is -0.000000108. The molecule has 0 radical (unpaired) electrons. The summed E-state index contributed by atoms with van der Waals surface area (Å²) < 4.78 is 10.7. The van der Waals surface area contributed by atoms with Crippen molar-refractivity contribution in [3.63, 3.8) is 0 Å². The van der Waals surface area contributed by atoms with Crippen LogP contribution in [-0.4, -0.2) is 25.4 Å². The van der Waals surface area contributed by atoms with E-state index >= 15 is 0 Å². The van der Waals surface area contributed by atoms with Gasteiger partial charge < -0.3 is 9.47 Å². The van der Waals surface area contributed by atoms with E-state index in [2.05, 4.69) is 55.4 Å². The molecule has 2 nitrogen and oxygen atoms in total. The Bertz CT molecular complexity index is 124. The summed E-state index contributed by atoms with van der Waals surface area (Å²) in [5, 5.41) is 0. The minimum absolute atomic E-state index is 0. The second-order valence-electron chi connectivity index (χ2n) is 5.88. The van der Waals surface area contributed by atoms with Crippen molar-refractivity contribution in [1.82, 2.24) is 0 Å². The second kappa shape index (κ2) is 17.9. The maximum Gasteiger partial charge on any atom is 0.0518 e. The number of ether oxygens (including phenoxy) is 2. The van der Waals surface area contributed by atoms with E-state index in [4.69, 9.17) is 9.47 Å². The number of rotatable bonds is 7. The van der Waals surface area contributed by atoms with Crippen molar-refractivity contribution < 1.29 is 9.47 Å². The molecule has 0 rings (SSSR count). The van der Waals surface area contributed by atoms with Crippen LogP contribution in [0.15, 0.2) is 0 Å². The highest BCUT2D eigenvalue weighted by Crippen LogP contribution is 2.00. The molecular formula is C17H42O2. The average Bonchev–Trinajstić information content (AvgIpc) is 2.14. The zero-order chi connectivity index (χ0) is 13.8. The molecule has 0 aromatic rings. The SMILES string of the molecule is C.C.CC(C)CCOC(C)C.CC(C)COC(C)C. The van der Waals surface area contributed by atoms with Crippen molar-refractivity contribution >= 4 is 0 Å². The lowest BCUT2D eigenvalue weighted by Gasteiger charge is -2.08. The van der Waals surface area contributed by atoms with Crippen LogP contribution in [0.3, 0.4) is 0 Å². The molecule has 0 N–H and O–H groups in total. The summed E-state index contributed by atoms with van der Waals surface area (Å²) in [5.74, 6) is 1.43. The maximum absolute atomic E-state index is 5.35. The van der Waals surface area contributed by atoms with Crippen molar-refractivity contribution in [3.05, 3.63) is 0 Å². The van der Waals surface area contributed by atoms with Crippen LogP contribution in [0.4, 0.5) is 0 Å². The van der Waals surface area contributed by atoms with Gasteiger partial charge in [0.2, 0.25) is 0 Å². The highest BCUT2D eigenvalue weighted by atomic mass is 16.5. The molecule has 0 fully saturated rings. The van der Waals surface area contributed by atoms with Gasteiger partial charge in [0.1, 0.15) is 0 Å². The summed E-state index contributed by atoms with van der Waals surface area (Å²) in [6.45, 7) is 18.8. The highest BCUT2D eigenvalue weighted by molar-refractivity contribution is 4.44. The van der Waals surface area contributed by atoms with Crippen LogP contribution < -0.4 is 0 Å². The first kappa shape index (κ1) is 27.3. The van der Waals surface area contributed by atoms with Crippen LogP contribution in [-0.2, 0) is 9.47 Å². The molecular weight excluding hydrogens is 236 g/mol. The van der Waals surface area contributed by atoms with E-state index in [0.29, 0.717) is 18.1 Å². The summed E-state index contributed by atoms with van der Waals surface area (Å²) in [6.07, 6.45) is 1.96. The molecule has 0 unspecified atom stereocenters. The van der Waals surface area contributed by atoms with Crippen molar-refractivity contribution in [2.45, 2.75) is 88.9 Å². The Morgan fingerprint density at radius 1 is 0.632 bits per heavy atom. The molecule has 0 heterocycles. The minimum Gasteiger partial charge on any atom is -0.379 e. The highest BCUT2D eigenvalue weighted by Gasteiger charge is 1.95. The lowest BCUT2D eigenvalue weighted by Crippen LogP contribution is -2.08. The third-order valence-electron chi connectivity index (χ3n) is 1.91. The first-order valence-corrected chi connectivity index (χ1v) is 6.98. The molecule has 0 aliphatic carbocycles. The number of hydrogen-bond donors (Lipinski definition) is 0. The zero-order valence-electron chi connectivity index (χ0n) is 13.2. The molecule has 0 saturated heterocycles. The Hall–Kier alpha value is -0.0800. The van der Waals surface area contributed by atoms with Crippen LogP contribution in [0.2, 0.25) is 0 Å². The topological polar surface area (TPSA) is 18.5 Å². The molecule has 0 atom stereocenters. The fraction of sp³-hybridized carbons (Fsp3) is 1.00. The molecule has 0 aliphatic rings. The van der Waals surface area contributed by atoms with Crippen molar-refractivity contribution in [3.8, 4) is 0 Å². The van der Waals surface area contributed by atoms with Gasteiger partial charge in [-0.3, -0.25) is 0 Å².